The maximum atomic E-state index is 12.2. The van der Waals surface area contributed by atoms with Crippen LogP contribution in [0, 0.1) is 0 Å². The molecule has 1 aromatic heterocycles. The number of ether oxygens (including phenoxy) is 2. The number of hydrogen-bond acceptors (Lipinski definition) is 3. The van der Waals surface area contributed by atoms with E-state index in [0.29, 0.717) is 10.9 Å². The van der Waals surface area contributed by atoms with E-state index in [9.17, 15) is 13.6 Å². The standard InChI is InChI=1S/C11H8ClF2NO3/c1-17-10(16)8-4-6-7(15-8)2-5(12)3-9(6)18-11(13)14/h2-4,11,15H,1H3. The van der Waals surface area contributed by atoms with Crippen molar-refractivity contribution < 1.29 is 23.0 Å². The molecule has 1 aromatic carbocycles. The Labute approximate surface area is 105 Å². The molecule has 4 nitrogen and oxygen atoms in total. The maximum Gasteiger partial charge on any atom is 0.387 e. The molecule has 18 heavy (non-hydrogen) atoms. The van der Waals surface area contributed by atoms with E-state index in [0.717, 1.165) is 0 Å². The second kappa shape index (κ2) is 4.81. The molecule has 1 N–H and O–H groups in total. The van der Waals surface area contributed by atoms with Crippen LogP contribution in [0.3, 0.4) is 0 Å². The third kappa shape index (κ3) is 2.38. The van der Waals surface area contributed by atoms with E-state index < -0.39 is 12.6 Å². The van der Waals surface area contributed by atoms with E-state index in [-0.39, 0.29) is 16.5 Å². The van der Waals surface area contributed by atoms with Crippen LogP contribution in [0.1, 0.15) is 10.5 Å². The molecule has 2 aromatic rings. The van der Waals surface area contributed by atoms with Crippen LogP contribution in [0.25, 0.3) is 10.9 Å². The van der Waals surface area contributed by atoms with Crippen molar-refractivity contribution in [3.63, 3.8) is 0 Å². The molecule has 0 atom stereocenters. The highest BCUT2D eigenvalue weighted by Crippen LogP contribution is 2.31. The van der Waals surface area contributed by atoms with Crippen molar-refractivity contribution in [3.05, 3.63) is 28.9 Å². The van der Waals surface area contributed by atoms with E-state index in [1.165, 1.54) is 25.3 Å². The van der Waals surface area contributed by atoms with E-state index in [1.807, 2.05) is 0 Å². The van der Waals surface area contributed by atoms with Gasteiger partial charge in [0.05, 0.1) is 12.6 Å². The highest BCUT2D eigenvalue weighted by atomic mass is 35.5. The smallest absolute Gasteiger partial charge is 0.387 e. The van der Waals surface area contributed by atoms with Crippen molar-refractivity contribution in [2.45, 2.75) is 6.61 Å². The van der Waals surface area contributed by atoms with Crippen LogP contribution in [0.15, 0.2) is 18.2 Å². The third-order valence-corrected chi connectivity index (χ3v) is 2.50. The lowest BCUT2D eigenvalue weighted by Gasteiger charge is -2.05. The molecule has 0 spiro atoms. The lowest BCUT2D eigenvalue weighted by molar-refractivity contribution is -0.0487. The SMILES string of the molecule is COC(=O)c1cc2c(OC(F)F)cc(Cl)cc2[nH]1. The zero-order valence-corrected chi connectivity index (χ0v) is 9.92. The summed E-state index contributed by atoms with van der Waals surface area (Å²) in [7, 11) is 1.22. The molecule has 7 heteroatoms. The van der Waals surface area contributed by atoms with Gasteiger partial charge in [-0.1, -0.05) is 11.6 Å². The van der Waals surface area contributed by atoms with Crippen molar-refractivity contribution in [3.8, 4) is 5.75 Å². The minimum absolute atomic E-state index is 0.0982. The van der Waals surface area contributed by atoms with E-state index in [4.69, 9.17) is 11.6 Å². The van der Waals surface area contributed by atoms with Crippen LogP contribution in [-0.4, -0.2) is 24.7 Å². The van der Waals surface area contributed by atoms with Gasteiger partial charge in [-0.2, -0.15) is 8.78 Å². The van der Waals surface area contributed by atoms with E-state index in [1.54, 1.807) is 0 Å². The fourth-order valence-electron chi connectivity index (χ4n) is 1.58. The molecule has 96 valence electrons. The number of alkyl halides is 2. The van der Waals surface area contributed by atoms with Gasteiger partial charge in [-0.25, -0.2) is 4.79 Å². The number of methoxy groups -OCH3 is 1. The van der Waals surface area contributed by atoms with Gasteiger partial charge in [-0.05, 0) is 18.2 Å². The lowest BCUT2D eigenvalue weighted by atomic mass is 10.2. The molecule has 0 saturated heterocycles. The minimum atomic E-state index is -2.97. The average Bonchev–Trinajstić information content (AvgIpc) is 2.70. The molecule has 1 heterocycles. The van der Waals surface area contributed by atoms with Crippen LogP contribution in [0.2, 0.25) is 5.02 Å². The van der Waals surface area contributed by atoms with Gasteiger partial charge < -0.3 is 14.5 Å². The summed E-state index contributed by atoms with van der Waals surface area (Å²) in [4.78, 5) is 14.0. The Balaban J connectivity index is 2.56. The second-order valence-electron chi connectivity index (χ2n) is 3.42. The second-order valence-corrected chi connectivity index (χ2v) is 3.85. The Hall–Kier alpha value is -1.82. The molecule has 0 radical (unpaired) electrons. The monoisotopic (exact) mass is 275 g/mol. The van der Waals surface area contributed by atoms with Gasteiger partial charge in [0.2, 0.25) is 0 Å². The fourth-order valence-corrected chi connectivity index (χ4v) is 1.79. The quantitative estimate of drug-likeness (QED) is 0.875. The predicted octanol–water partition coefficient (Wildman–Crippen LogP) is 3.21. The predicted molar refractivity (Wildman–Crippen MR) is 61.3 cm³/mol. The fraction of sp³-hybridized carbons (Fsp3) is 0.182. The van der Waals surface area contributed by atoms with Gasteiger partial charge in [-0.15, -0.1) is 0 Å². The van der Waals surface area contributed by atoms with Crippen LogP contribution >= 0.6 is 11.6 Å². The molecular formula is C11H8ClF2NO3. The first-order valence-corrected chi connectivity index (χ1v) is 5.24. The molecule has 0 unspecified atom stereocenters. The number of hydrogen-bond donors (Lipinski definition) is 1. The van der Waals surface area contributed by atoms with Crippen molar-refractivity contribution >= 4 is 28.5 Å². The summed E-state index contributed by atoms with van der Waals surface area (Å²) < 4.78 is 33.4. The zero-order valence-electron chi connectivity index (χ0n) is 9.17. The Bertz CT molecular complexity index is 597. The zero-order chi connectivity index (χ0) is 13.3. The number of esters is 1. The van der Waals surface area contributed by atoms with Crippen molar-refractivity contribution in [2.75, 3.05) is 7.11 Å². The van der Waals surface area contributed by atoms with Crippen LogP contribution in [0.5, 0.6) is 5.75 Å². The number of halogens is 3. The summed E-state index contributed by atoms with van der Waals surface area (Å²) in [5, 5.41) is 0.552. The summed E-state index contributed by atoms with van der Waals surface area (Å²) in [6.07, 6.45) is 0. The average molecular weight is 276 g/mol. The van der Waals surface area contributed by atoms with Crippen molar-refractivity contribution in [2.24, 2.45) is 0 Å². The Morgan fingerprint density at radius 1 is 1.39 bits per heavy atom. The Morgan fingerprint density at radius 3 is 2.72 bits per heavy atom. The first-order chi connectivity index (χ1) is 8.51. The molecule has 2 rings (SSSR count). The summed E-state index contributed by atoms with van der Waals surface area (Å²) in [6.45, 7) is -2.97. The number of aromatic nitrogens is 1. The van der Waals surface area contributed by atoms with Crippen LogP contribution < -0.4 is 4.74 Å². The maximum absolute atomic E-state index is 12.2. The number of H-pyrrole nitrogens is 1. The number of rotatable bonds is 3. The number of nitrogens with one attached hydrogen (secondary N) is 1. The highest BCUT2D eigenvalue weighted by Gasteiger charge is 2.15. The topological polar surface area (TPSA) is 51.3 Å². The number of carbonyl (C=O) groups excluding carboxylic acids is 1. The van der Waals surface area contributed by atoms with E-state index in [2.05, 4.69) is 14.5 Å². The Morgan fingerprint density at radius 2 is 2.11 bits per heavy atom. The lowest BCUT2D eigenvalue weighted by Crippen LogP contribution is -2.02. The molecule has 0 aliphatic carbocycles. The summed E-state index contributed by atoms with van der Waals surface area (Å²) >= 11 is 5.77. The Kier molecular flexibility index (Phi) is 3.38. The number of benzene rings is 1. The molecule has 0 aliphatic rings. The normalized spacial score (nSPS) is 10.9. The number of fused-ring (bicyclic) bond motifs is 1. The van der Waals surface area contributed by atoms with Gasteiger partial charge in [0.25, 0.3) is 0 Å². The molecule has 0 aliphatic heterocycles. The molecular weight excluding hydrogens is 268 g/mol. The first kappa shape index (κ1) is 12.6. The molecule has 0 amide bonds. The van der Waals surface area contributed by atoms with Crippen molar-refractivity contribution in [1.82, 2.24) is 4.98 Å². The van der Waals surface area contributed by atoms with Crippen LogP contribution in [-0.2, 0) is 4.74 Å². The van der Waals surface area contributed by atoms with Gasteiger partial charge in [0, 0.05) is 10.4 Å². The summed E-state index contributed by atoms with van der Waals surface area (Å²) in [5.74, 6) is -0.704. The minimum Gasteiger partial charge on any atom is -0.464 e. The van der Waals surface area contributed by atoms with Gasteiger partial charge >= 0.3 is 12.6 Å². The highest BCUT2D eigenvalue weighted by molar-refractivity contribution is 6.31. The van der Waals surface area contributed by atoms with Gasteiger partial charge in [0.1, 0.15) is 11.4 Å². The van der Waals surface area contributed by atoms with Gasteiger partial charge in [0.15, 0.2) is 0 Å². The number of carbonyl (C=O) groups is 1. The first-order valence-electron chi connectivity index (χ1n) is 4.86. The largest absolute Gasteiger partial charge is 0.464 e. The number of aromatic amines is 1. The summed E-state index contributed by atoms with van der Waals surface area (Å²) in [6, 6.07) is 4.13. The molecule has 0 saturated carbocycles. The molecule has 0 fully saturated rings. The van der Waals surface area contributed by atoms with Crippen molar-refractivity contribution in [1.29, 1.82) is 0 Å². The van der Waals surface area contributed by atoms with Gasteiger partial charge in [-0.3, -0.25) is 0 Å². The molecule has 0 bridgehead atoms. The van der Waals surface area contributed by atoms with Crippen LogP contribution in [0.4, 0.5) is 8.78 Å². The third-order valence-electron chi connectivity index (χ3n) is 2.29. The van der Waals surface area contributed by atoms with E-state index >= 15 is 0 Å². The summed E-state index contributed by atoms with van der Waals surface area (Å²) in [5.41, 5.74) is 0.549.